The van der Waals surface area contributed by atoms with E-state index in [0.717, 1.165) is 12.8 Å². The molecule has 1 saturated heterocycles. The zero-order valence-electron chi connectivity index (χ0n) is 7.38. The van der Waals surface area contributed by atoms with Gasteiger partial charge in [-0.25, -0.2) is 8.78 Å². The van der Waals surface area contributed by atoms with Crippen LogP contribution in [0.2, 0.25) is 0 Å². The van der Waals surface area contributed by atoms with Crippen molar-refractivity contribution in [1.82, 2.24) is 4.90 Å². The molecule has 0 saturated carbocycles. The topological polar surface area (TPSA) is 46.3 Å². The molecule has 0 aliphatic carbocycles. The number of nitrogens with two attached hydrogens (primary N) is 1. The molecule has 13 heavy (non-hydrogen) atoms. The Balaban J connectivity index is 2.50. The number of likely N-dealkylation sites (tertiary alicyclic amines) is 1. The molecule has 1 fully saturated rings. The van der Waals surface area contributed by atoms with E-state index in [4.69, 9.17) is 5.73 Å². The summed E-state index contributed by atoms with van der Waals surface area (Å²) in [7, 11) is 0. The van der Waals surface area contributed by atoms with Crippen molar-refractivity contribution in [2.75, 3.05) is 19.6 Å². The van der Waals surface area contributed by atoms with Crippen molar-refractivity contribution in [2.24, 2.45) is 11.7 Å². The Hall–Kier alpha value is -0.710. The van der Waals surface area contributed by atoms with Crippen molar-refractivity contribution in [3.05, 3.63) is 0 Å². The number of nitrogens with zero attached hydrogens (tertiary/aromatic N) is 1. The van der Waals surface area contributed by atoms with Crippen LogP contribution in [0.1, 0.15) is 12.8 Å². The summed E-state index contributed by atoms with van der Waals surface area (Å²) in [5, 5.41) is 0. The molecule has 5 heteroatoms. The summed E-state index contributed by atoms with van der Waals surface area (Å²) >= 11 is 0. The zero-order chi connectivity index (χ0) is 9.84. The van der Waals surface area contributed by atoms with Crippen LogP contribution >= 0.6 is 0 Å². The van der Waals surface area contributed by atoms with Gasteiger partial charge in [-0.05, 0) is 12.8 Å². The number of halogens is 2. The maximum atomic E-state index is 12.0. The Kier molecular flexibility index (Phi) is 3.59. The highest BCUT2D eigenvalue weighted by molar-refractivity contribution is 5.79. The van der Waals surface area contributed by atoms with Gasteiger partial charge in [0.1, 0.15) is 0 Å². The van der Waals surface area contributed by atoms with Crippen molar-refractivity contribution in [3.63, 3.8) is 0 Å². The fourth-order valence-corrected chi connectivity index (χ4v) is 1.59. The van der Waals surface area contributed by atoms with Gasteiger partial charge >= 0.3 is 0 Å². The maximum Gasteiger partial charge on any atom is 0.255 e. The molecule has 0 spiro atoms. The molecule has 0 aromatic rings. The Morgan fingerprint density at radius 1 is 1.62 bits per heavy atom. The van der Waals surface area contributed by atoms with Crippen molar-refractivity contribution in [2.45, 2.75) is 19.3 Å². The summed E-state index contributed by atoms with van der Waals surface area (Å²) in [6.07, 6.45) is -0.935. The van der Waals surface area contributed by atoms with Gasteiger partial charge in [0, 0.05) is 13.1 Å². The molecule has 0 radical (unpaired) electrons. The second-order valence-corrected chi connectivity index (χ2v) is 3.25. The molecule has 76 valence electrons. The van der Waals surface area contributed by atoms with Crippen molar-refractivity contribution in [1.29, 1.82) is 0 Å². The summed E-state index contributed by atoms with van der Waals surface area (Å²) in [6.45, 7) is 0.258. The van der Waals surface area contributed by atoms with E-state index in [9.17, 15) is 13.6 Å². The molecule has 1 heterocycles. The molecule has 1 aliphatic rings. The van der Waals surface area contributed by atoms with Crippen LogP contribution in [0, 0.1) is 5.92 Å². The van der Waals surface area contributed by atoms with Gasteiger partial charge in [-0.1, -0.05) is 0 Å². The van der Waals surface area contributed by atoms with Gasteiger partial charge in [0.25, 0.3) is 6.43 Å². The molecular weight excluding hydrogens is 178 g/mol. The highest BCUT2D eigenvalue weighted by Crippen LogP contribution is 2.17. The van der Waals surface area contributed by atoms with Crippen LogP contribution in [0.5, 0.6) is 0 Å². The number of hydrogen-bond donors (Lipinski definition) is 1. The fraction of sp³-hybridized carbons (Fsp3) is 0.875. The first-order valence-corrected chi connectivity index (χ1v) is 4.42. The third kappa shape index (κ3) is 2.62. The van der Waals surface area contributed by atoms with E-state index in [1.54, 1.807) is 0 Å². The molecule has 0 aromatic carbocycles. The third-order valence-electron chi connectivity index (χ3n) is 2.28. The lowest BCUT2D eigenvalue weighted by Crippen LogP contribution is -2.45. The number of hydrogen-bond acceptors (Lipinski definition) is 2. The molecule has 0 aromatic heterocycles. The minimum absolute atomic E-state index is 0.214. The molecule has 1 rings (SSSR count). The normalized spacial score (nSPS) is 24.2. The Bertz CT molecular complexity index is 187. The van der Waals surface area contributed by atoms with Gasteiger partial charge in [-0.2, -0.15) is 0 Å². The summed E-state index contributed by atoms with van der Waals surface area (Å²) in [5.41, 5.74) is 5.35. The molecule has 0 unspecified atom stereocenters. The number of piperidine rings is 1. The Labute approximate surface area is 75.9 Å². The van der Waals surface area contributed by atoms with E-state index in [0.29, 0.717) is 6.54 Å². The first-order chi connectivity index (χ1) is 6.15. The average Bonchev–Trinajstić information content (AvgIpc) is 2.08. The summed E-state index contributed by atoms with van der Waals surface area (Å²) < 4.78 is 24.0. The van der Waals surface area contributed by atoms with E-state index in [1.165, 1.54) is 4.90 Å². The lowest BCUT2D eigenvalue weighted by Gasteiger charge is -2.31. The minimum Gasteiger partial charge on any atom is -0.337 e. The molecule has 3 nitrogen and oxygen atoms in total. The minimum atomic E-state index is -2.44. The standard InChI is InChI=1S/C8H14F2N2O/c9-7(10)5-12-3-1-2-6(4-11)8(12)13/h6-7H,1-5,11H2/t6-/m0/s1. The molecular formula is C8H14F2N2O. The van der Waals surface area contributed by atoms with Gasteiger partial charge in [0.15, 0.2) is 0 Å². The number of amides is 1. The molecule has 2 N–H and O–H groups in total. The van der Waals surface area contributed by atoms with Crippen LogP contribution in [0.15, 0.2) is 0 Å². The van der Waals surface area contributed by atoms with Gasteiger partial charge in [0.2, 0.25) is 5.91 Å². The molecule has 1 aliphatic heterocycles. The predicted octanol–water partition coefficient (Wildman–Crippen LogP) is 0.449. The second-order valence-electron chi connectivity index (χ2n) is 3.25. The lowest BCUT2D eigenvalue weighted by molar-refractivity contribution is -0.140. The lowest BCUT2D eigenvalue weighted by atomic mass is 9.97. The van der Waals surface area contributed by atoms with Crippen LogP contribution < -0.4 is 5.73 Å². The smallest absolute Gasteiger partial charge is 0.255 e. The Morgan fingerprint density at radius 2 is 2.31 bits per heavy atom. The van der Waals surface area contributed by atoms with E-state index in [1.807, 2.05) is 0 Å². The maximum absolute atomic E-state index is 12.0. The van der Waals surface area contributed by atoms with Crippen molar-refractivity contribution < 1.29 is 13.6 Å². The number of carbonyl (C=O) groups excluding carboxylic acids is 1. The predicted molar refractivity (Wildman–Crippen MR) is 44.4 cm³/mol. The molecule has 0 bridgehead atoms. The Morgan fingerprint density at radius 3 is 2.85 bits per heavy atom. The monoisotopic (exact) mass is 192 g/mol. The zero-order valence-corrected chi connectivity index (χ0v) is 7.38. The highest BCUT2D eigenvalue weighted by atomic mass is 19.3. The van der Waals surface area contributed by atoms with Gasteiger partial charge < -0.3 is 10.6 Å². The number of carbonyl (C=O) groups is 1. The van der Waals surface area contributed by atoms with Crippen LogP contribution in [0.3, 0.4) is 0 Å². The SMILES string of the molecule is NC[C@@H]1CCCN(CC(F)F)C1=O. The fourth-order valence-electron chi connectivity index (χ4n) is 1.59. The summed E-state index contributed by atoms with van der Waals surface area (Å²) in [6, 6.07) is 0. The quantitative estimate of drug-likeness (QED) is 0.705. The van der Waals surface area contributed by atoms with Crippen LogP contribution in [0.25, 0.3) is 0 Å². The van der Waals surface area contributed by atoms with Gasteiger partial charge in [-0.3, -0.25) is 4.79 Å². The van der Waals surface area contributed by atoms with E-state index < -0.39 is 13.0 Å². The van der Waals surface area contributed by atoms with Crippen molar-refractivity contribution in [3.8, 4) is 0 Å². The van der Waals surface area contributed by atoms with Crippen LogP contribution in [-0.4, -0.2) is 36.9 Å². The average molecular weight is 192 g/mol. The van der Waals surface area contributed by atoms with Crippen LogP contribution in [-0.2, 0) is 4.79 Å². The first-order valence-electron chi connectivity index (χ1n) is 4.42. The third-order valence-corrected chi connectivity index (χ3v) is 2.28. The van der Waals surface area contributed by atoms with E-state index in [-0.39, 0.29) is 18.4 Å². The van der Waals surface area contributed by atoms with E-state index >= 15 is 0 Å². The highest BCUT2D eigenvalue weighted by Gasteiger charge is 2.28. The summed E-state index contributed by atoms with van der Waals surface area (Å²) in [4.78, 5) is 12.6. The van der Waals surface area contributed by atoms with Gasteiger partial charge in [0.05, 0.1) is 12.5 Å². The largest absolute Gasteiger partial charge is 0.337 e. The number of alkyl halides is 2. The molecule has 1 atom stereocenters. The van der Waals surface area contributed by atoms with Gasteiger partial charge in [-0.15, -0.1) is 0 Å². The number of rotatable bonds is 3. The first kappa shape index (κ1) is 10.4. The van der Waals surface area contributed by atoms with E-state index in [2.05, 4.69) is 0 Å². The van der Waals surface area contributed by atoms with Crippen LogP contribution in [0.4, 0.5) is 8.78 Å². The van der Waals surface area contributed by atoms with Crippen molar-refractivity contribution >= 4 is 5.91 Å². The summed E-state index contributed by atoms with van der Waals surface area (Å²) in [5.74, 6) is -0.457. The molecule has 1 amide bonds. The second kappa shape index (κ2) is 4.50.